The summed E-state index contributed by atoms with van der Waals surface area (Å²) >= 11 is 0. The van der Waals surface area contributed by atoms with Gasteiger partial charge in [-0.25, -0.2) is 4.39 Å². The minimum Gasteiger partial charge on any atom is -0.454 e. The molecule has 1 amide bonds. The average molecular weight is 315 g/mol. The van der Waals surface area contributed by atoms with Gasteiger partial charge in [-0.1, -0.05) is 26.0 Å². The van der Waals surface area contributed by atoms with Crippen LogP contribution >= 0.6 is 0 Å². The molecule has 0 saturated heterocycles. The monoisotopic (exact) mass is 315 g/mol. The number of ether oxygens (including phenoxy) is 2. The number of hydrogen-bond acceptors (Lipinski definition) is 3. The van der Waals surface area contributed by atoms with Crippen molar-refractivity contribution in [1.29, 1.82) is 0 Å². The fourth-order valence-corrected chi connectivity index (χ4v) is 2.57. The number of fused-ring (bicyclic) bond motifs is 1. The molecule has 2 aromatic rings. The third-order valence-corrected chi connectivity index (χ3v) is 3.82. The normalized spacial score (nSPS) is 13.9. The van der Waals surface area contributed by atoms with Crippen molar-refractivity contribution in [3.8, 4) is 11.5 Å². The Bertz CT molecular complexity index is 713. The fourth-order valence-electron chi connectivity index (χ4n) is 2.57. The molecule has 23 heavy (non-hydrogen) atoms. The Balaban J connectivity index is 1.80. The highest BCUT2D eigenvalue weighted by atomic mass is 19.1. The van der Waals surface area contributed by atoms with Gasteiger partial charge in [0.05, 0.1) is 6.04 Å². The molecule has 2 aromatic carbocycles. The van der Waals surface area contributed by atoms with Crippen LogP contribution in [0.15, 0.2) is 42.5 Å². The summed E-state index contributed by atoms with van der Waals surface area (Å²) in [6.07, 6.45) is 0. The smallest absolute Gasteiger partial charge is 0.251 e. The summed E-state index contributed by atoms with van der Waals surface area (Å²) in [5.74, 6) is 0.879. The zero-order valence-electron chi connectivity index (χ0n) is 13.0. The highest BCUT2D eigenvalue weighted by molar-refractivity contribution is 5.95. The van der Waals surface area contributed by atoms with Crippen LogP contribution in [-0.4, -0.2) is 12.7 Å². The number of carbonyl (C=O) groups is 1. The van der Waals surface area contributed by atoms with Crippen LogP contribution in [0.1, 0.15) is 35.8 Å². The lowest BCUT2D eigenvalue weighted by Gasteiger charge is -2.23. The number of hydrogen-bond donors (Lipinski definition) is 1. The molecule has 4 nitrogen and oxygen atoms in total. The maximum absolute atomic E-state index is 13.1. The highest BCUT2D eigenvalue weighted by Gasteiger charge is 2.21. The van der Waals surface area contributed by atoms with Gasteiger partial charge in [0.25, 0.3) is 5.91 Å². The second-order valence-electron chi connectivity index (χ2n) is 5.81. The van der Waals surface area contributed by atoms with Gasteiger partial charge in [0, 0.05) is 5.56 Å². The van der Waals surface area contributed by atoms with Crippen LogP contribution in [0.5, 0.6) is 11.5 Å². The topological polar surface area (TPSA) is 47.6 Å². The van der Waals surface area contributed by atoms with Crippen molar-refractivity contribution in [2.24, 2.45) is 5.92 Å². The zero-order chi connectivity index (χ0) is 16.4. The van der Waals surface area contributed by atoms with E-state index < -0.39 is 0 Å². The molecule has 1 N–H and O–H groups in total. The largest absolute Gasteiger partial charge is 0.454 e. The SMILES string of the molecule is CC(C)[C@@H](NC(=O)c1ccc2c(c1)OCO2)c1ccc(F)cc1. The van der Waals surface area contributed by atoms with Crippen LogP contribution < -0.4 is 14.8 Å². The zero-order valence-corrected chi connectivity index (χ0v) is 13.0. The Hall–Kier alpha value is -2.56. The molecule has 0 spiro atoms. The summed E-state index contributed by atoms with van der Waals surface area (Å²) in [4.78, 5) is 12.5. The summed E-state index contributed by atoms with van der Waals surface area (Å²) in [7, 11) is 0. The number of carbonyl (C=O) groups excluding carboxylic acids is 1. The summed E-state index contributed by atoms with van der Waals surface area (Å²) in [6.45, 7) is 4.19. The Labute approximate surface area is 134 Å². The molecular weight excluding hydrogens is 297 g/mol. The van der Waals surface area contributed by atoms with Gasteiger partial charge in [-0.2, -0.15) is 0 Å². The van der Waals surface area contributed by atoms with Crippen LogP contribution in [0.2, 0.25) is 0 Å². The lowest BCUT2D eigenvalue weighted by atomic mass is 9.95. The first kappa shape index (κ1) is 15.3. The van der Waals surface area contributed by atoms with Gasteiger partial charge in [0.2, 0.25) is 6.79 Å². The van der Waals surface area contributed by atoms with Crippen LogP contribution in [0.25, 0.3) is 0 Å². The van der Waals surface area contributed by atoms with E-state index in [2.05, 4.69) is 5.32 Å². The molecular formula is C18H18FNO3. The third kappa shape index (κ3) is 3.28. The molecule has 0 saturated carbocycles. The summed E-state index contributed by atoms with van der Waals surface area (Å²) in [6, 6.07) is 11.1. The van der Waals surface area contributed by atoms with E-state index in [9.17, 15) is 9.18 Å². The van der Waals surface area contributed by atoms with E-state index in [1.165, 1.54) is 12.1 Å². The Morgan fingerprint density at radius 1 is 1.09 bits per heavy atom. The number of nitrogens with one attached hydrogen (secondary N) is 1. The molecule has 0 bridgehead atoms. The van der Waals surface area contributed by atoms with Gasteiger partial charge >= 0.3 is 0 Å². The van der Waals surface area contributed by atoms with Crippen molar-refractivity contribution >= 4 is 5.91 Å². The van der Waals surface area contributed by atoms with Crippen molar-refractivity contribution in [3.05, 3.63) is 59.4 Å². The van der Waals surface area contributed by atoms with Gasteiger partial charge in [-0.05, 0) is 41.8 Å². The molecule has 1 aliphatic rings. The van der Waals surface area contributed by atoms with E-state index in [0.717, 1.165) is 5.56 Å². The molecule has 1 aliphatic heterocycles. The predicted octanol–water partition coefficient (Wildman–Crippen LogP) is 3.68. The van der Waals surface area contributed by atoms with E-state index in [1.54, 1.807) is 30.3 Å². The van der Waals surface area contributed by atoms with E-state index in [0.29, 0.717) is 17.1 Å². The van der Waals surface area contributed by atoms with Gasteiger partial charge in [-0.3, -0.25) is 4.79 Å². The van der Waals surface area contributed by atoms with E-state index in [4.69, 9.17) is 9.47 Å². The number of halogens is 1. The van der Waals surface area contributed by atoms with E-state index >= 15 is 0 Å². The van der Waals surface area contributed by atoms with E-state index in [1.807, 2.05) is 13.8 Å². The van der Waals surface area contributed by atoms with Crippen LogP contribution in [0.4, 0.5) is 4.39 Å². The first-order valence-electron chi connectivity index (χ1n) is 7.50. The second kappa shape index (κ2) is 6.28. The summed E-state index contributed by atoms with van der Waals surface area (Å²) in [5.41, 5.74) is 1.37. The first-order valence-corrected chi connectivity index (χ1v) is 7.50. The maximum Gasteiger partial charge on any atom is 0.251 e. The fraction of sp³-hybridized carbons (Fsp3) is 0.278. The van der Waals surface area contributed by atoms with Gasteiger partial charge in [0.15, 0.2) is 11.5 Å². The quantitative estimate of drug-likeness (QED) is 0.936. The molecule has 0 unspecified atom stereocenters. The van der Waals surface area contributed by atoms with Crippen molar-refractivity contribution in [2.45, 2.75) is 19.9 Å². The standard InChI is InChI=1S/C18H18FNO3/c1-11(2)17(12-3-6-14(19)7-4-12)20-18(21)13-5-8-15-16(9-13)23-10-22-15/h3-9,11,17H,10H2,1-2H3,(H,20,21)/t17-/m1/s1. The third-order valence-electron chi connectivity index (χ3n) is 3.82. The van der Waals surface area contributed by atoms with Crippen molar-refractivity contribution in [1.82, 2.24) is 5.32 Å². The minimum atomic E-state index is -0.293. The predicted molar refractivity (Wildman–Crippen MR) is 84.0 cm³/mol. The summed E-state index contributed by atoms with van der Waals surface area (Å²) < 4.78 is 23.6. The molecule has 0 aromatic heterocycles. The lowest BCUT2D eigenvalue weighted by molar-refractivity contribution is 0.0925. The second-order valence-corrected chi connectivity index (χ2v) is 5.81. The molecule has 0 radical (unpaired) electrons. The molecule has 0 aliphatic carbocycles. The van der Waals surface area contributed by atoms with Crippen LogP contribution in [0, 0.1) is 11.7 Å². The average Bonchev–Trinajstić information content (AvgIpc) is 3.00. The molecule has 120 valence electrons. The molecule has 5 heteroatoms. The van der Waals surface area contributed by atoms with Crippen molar-refractivity contribution in [2.75, 3.05) is 6.79 Å². The number of rotatable bonds is 4. The maximum atomic E-state index is 13.1. The van der Waals surface area contributed by atoms with Gasteiger partial charge in [0.1, 0.15) is 5.82 Å². The Kier molecular flexibility index (Phi) is 4.19. The van der Waals surface area contributed by atoms with Crippen LogP contribution in [0.3, 0.4) is 0 Å². The molecule has 1 atom stereocenters. The van der Waals surface area contributed by atoms with Gasteiger partial charge in [-0.15, -0.1) is 0 Å². The minimum absolute atomic E-state index is 0.165. The Morgan fingerprint density at radius 3 is 2.48 bits per heavy atom. The molecule has 0 fully saturated rings. The molecule has 3 rings (SSSR count). The highest BCUT2D eigenvalue weighted by Crippen LogP contribution is 2.32. The summed E-state index contributed by atoms with van der Waals surface area (Å²) in [5, 5.41) is 3.00. The van der Waals surface area contributed by atoms with E-state index in [-0.39, 0.29) is 30.5 Å². The molecule has 1 heterocycles. The van der Waals surface area contributed by atoms with Gasteiger partial charge < -0.3 is 14.8 Å². The van der Waals surface area contributed by atoms with Crippen LogP contribution in [-0.2, 0) is 0 Å². The lowest BCUT2D eigenvalue weighted by Crippen LogP contribution is -2.31. The number of benzene rings is 2. The van der Waals surface area contributed by atoms with Crippen molar-refractivity contribution in [3.63, 3.8) is 0 Å². The Morgan fingerprint density at radius 2 is 1.78 bits per heavy atom. The number of amides is 1. The van der Waals surface area contributed by atoms with Crippen molar-refractivity contribution < 1.29 is 18.7 Å². The first-order chi connectivity index (χ1) is 11.0.